The van der Waals surface area contributed by atoms with Crippen LogP contribution in [-0.4, -0.2) is 75.2 Å². The molecule has 2 aromatic carbocycles. The van der Waals surface area contributed by atoms with E-state index in [0.717, 1.165) is 35.0 Å². The average molecular weight is 733 g/mol. The minimum Gasteiger partial charge on any atom is -0.336 e. The van der Waals surface area contributed by atoms with Crippen molar-refractivity contribution in [1.82, 2.24) is 24.8 Å². The summed E-state index contributed by atoms with van der Waals surface area (Å²) in [6.07, 6.45) is 4.39. The Hall–Kier alpha value is -5.83. The van der Waals surface area contributed by atoms with Gasteiger partial charge in [0.15, 0.2) is 0 Å². The second-order valence-corrected chi connectivity index (χ2v) is 13.9. The van der Waals surface area contributed by atoms with Crippen molar-refractivity contribution in [2.75, 3.05) is 48.7 Å². The van der Waals surface area contributed by atoms with E-state index in [9.17, 15) is 18.8 Å². The third-order valence-corrected chi connectivity index (χ3v) is 10.7. The Morgan fingerprint density at radius 3 is 2.40 bits per heavy atom. The molecule has 0 spiro atoms. The summed E-state index contributed by atoms with van der Waals surface area (Å²) < 4.78 is 14.9. The number of benzene rings is 2. The van der Waals surface area contributed by atoms with Crippen molar-refractivity contribution >= 4 is 63.4 Å². The predicted octanol–water partition coefficient (Wildman–Crippen LogP) is 7.49. The first-order chi connectivity index (χ1) is 25.3. The number of carbonyl (C=O) groups excluding carboxylic acids is 3. The number of amides is 3. The summed E-state index contributed by atoms with van der Waals surface area (Å²) in [5, 5.41) is 10.4. The summed E-state index contributed by atoms with van der Waals surface area (Å²) in [6, 6.07) is 22.2. The van der Waals surface area contributed by atoms with Crippen molar-refractivity contribution in [3.05, 3.63) is 125 Å². The zero-order valence-corrected chi connectivity index (χ0v) is 29.6. The summed E-state index contributed by atoms with van der Waals surface area (Å²) in [5.74, 6) is -1.23. The molecule has 1 aliphatic heterocycles. The van der Waals surface area contributed by atoms with Crippen molar-refractivity contribution in [2.24, 2.45) is 0 Å². The molecule has 52 heavy (non-hydrogen) atoms. The molecule has 3 amide bonds. The van der Waals surface area contributed by atoms with Gasteiger partial charge in [0.2, 0.25) is 5.95 Å². The van der Waals surface area contributed by atoms with Crippen molar-refractivity contribution in [2.45, 2.75) is 6.92 Å². The molecule has 14 heteroatoms. The first kappa shape index (κ1) is 34.6. The minimum atomic E-state index is -0.572. The topological polar surface area (TPSA) is 132 Å². The van der Waals surface area contributed by atoms with Gasteiger partial charge in [0.1, 0.15) is 5.82 Å². The van der Waals surface area contributed by atoms with E-state index in [2.05, 4.69) is 42.7 Å². The van der Waals surface area contributed by atoms with Gasteiger partial charge >= 0.3 is 0 Å². The second-order valence-electron chi connectivity index (χ2n) is 11.9. The number of hydrogen-bond acceptors (Lipinski definition) is 10. The maximum atomic E-state index is 14.9. The van der Waals surface area contributed by atoms with E-state index in [-0.39, 0.29) is 29.0 Å². The van der Waals surface area contributed by atoms with E-state index >= 15 is 0 Å². The highest BCUT2D eigenvalue weighted by Gasteiger charge is 2.21. The molecular formula is C38H33FN8O3S2. The summed E-state index contributed by atoms with van der Waals surface area (Å²) >= 11 is 2.98. The number of pyridine rings is 1. The smallest absolute Gasteiger partial charge is 0.265 e. The molecule has 1 saturated heterocycles. The standard InChI is InChI=1S/C38H33FN8O3S2/c1-2-46-15-17-47(18-16-46)37(50)25-7-5-24(6-8-25)30-13-14-41-38(44-30)45-31-21-27(9-10-29(31)39)42-35(48)26-20-28(23-40-22-26)43-36(49)34-12-11-33(52-34)32-4-3-19-51-32/h3-14,19-23H,2,15-18H2,1H3,(H,42,48)(H,43,49)(H,41,44,45). The third-order valence-electron chi connectivity index (χ3n) is 8.51. The first-order valence-corrected chi connectivity index (χ1v) is 18.3. The number of carbonyl (C=O) groups is 3. The number of halogens is 1. The number of anilines is 4. The lowest BCUT2D eigenvalue weighted by Crippen LogP contribution is -2.48. The molecule has 0 aliphatic carbocycles. The molecule has 11 nitrogen and oxygen atoms in total. The highest BCUT2D eigenvalue weighted by molar-refractivity contribution is 7.22. The Morgan fingerprint density at radius 2 is 1.63 bits per heavy atom. The normalized spacial score (nSPS) is 13.1. The van der Waals surface area contributed by atoms with Crippen LogP contribution in [0.5, 0.6) is 0 Å². The Kier molecular flexibility index (Phi) is 10.4. The van der Waals surface area contributed by atoms with Gasteiger partial charge in [-0.25, -0.2) is 14.4 Å². The number of piperazine rings is 1. The lowest BCUT2D eigenvalue weighted by molar-refractivity contribution is 0.0643. The van der Waals surface area contributed by atoms with E-state index in [0.29, 0.717) is 40.6 Å². The van der Waals surface area contributed by atoms with E-state index < -0.39 is 11.7 Å². The van der Waals surface area contributed by atoms with Crippen LogP contribution in [0.15, 0.2) is 103 Å². The zero-order chi connectivity index (χ0) is 36.0. The molecule has 4 aromatic heterocycles. The molecule has 7 rings (SSSR count). The monoisotopic (exact) mass is 732 g/mol. The molecule has 1 aliphatic rings. The van der Waals surface area contributed by atoms with Crippen LogP contribution in [0.3, 0.4) is 0 Å². The maximum absolute atomic E-state index is 14.9. The quantitative estimate of drug-likeness (QED) is 0.132. The predicted molar refractivity (Wildman–Crippen MR) is 203 cm³/mol. The van der Waals surface area contributed by atoms with E-state index in [4.69, 9.17) is 0 Å². The Morgan fingerprint density at radius 1 is 0.827 bits per heavy atom. The van der Waals surface area contributed by atoms with Crippen molar-refractivity contribution < 1.29 is 18.8 Å². The van der Waals surface area contributed by atoms with Crippen molar-refractivity contribution in [3.8, 4) is 21.0 Å². The van der Waals surface area contributed by atoms with Crippen molar-refractivity contribution in [1.29, 1.82) is 0 Å². The van der Waals surface area contributed by atoms with Gasteiger partial charge in [0, 0.05) is 65.1 Å². The zero-order valence-electron chi connectivity index (χ0n) is 28.0. The van der Waals surface area contributed by atoms with Crippen LogP contribution in [0.25, 0.3) is 21.0 Å². The van der Waals surface area contributed by atoms with Crippen LogP contribution < -0.4 is 16.0 Å². The summed E-state index contributed by atoms with van der Waals surface area (Å²) in [4.78, 5) is 58.8. The van der Waals surface area contributed by atoms with Crippen LogP contribution in [0, 0.1) is 5.82 Å². The SMILES string of the molecule is CCN1CCN(C(=O)c2ccc(-c3ccnc(Nc4cc(NC(=O)c5cncc(NC(=O)c6ccc(-c7cccs7)s6)c5)ccc4F)n3)cc2)CC1. The summed E-state index contributed by atoms with van der Waals surface area (Å²) in [7, 11) is 0. The maximum Gasteiger partial charge on any atom is 0.265 e. The number of nitrogens with zero attached hydrogens (tertiary/aromatic N) is 5. The minimum absolute atomic E-state index is 0.00308. The molecule has 0 saturated carbocycles. The molecule has 3 N–H and O–H groups in total. The van der Waals surface area contributed by atoms with Gasteiger partial charge in [-0.15, -0.1) is 22.7 Å². The molecule has 1 fully saturated rings. The molecular weight excluding hydrogens is 700 g/mol. The number of likely N-dealkylation sites (N-methyl/N-ethyl adjacent to an activating group) is 1. The average Bonchev–Trinajstić information content (AvgIpc) is 3.90. The van der Waals surface area contributed by atoms with Crippen LogP contribution >= 0.6 is 22.7 Å². The number of thiophene rings is 2. The summed E-state index contributed by atoms with van der Waals surface area (Å²) in [5.41, 5.74) is 2.88. The van der Waals surface area contributed by atoms with E-state index in [1.165, 1.54) is 48.0 Å². The number of nitrogens with one attached hydrogen (secondary N) is 3. The Bertz CT molecular complexity index is 2220. The Labute approximate surface area is 307 Å². The van der Waals surface area contributed by atoms with Gasteiger partial charge in [0.25, 0.3) is 17.7 Å². The lowest BCUT2D eigenvalue weighted by atomic mass is 10.1. The molecule has 6 aromatic rings. The van der Waals surface area contributed by atoms with Gasteiger partial charge in [-0.2, -0.15) is 0 Å². The molecule has 0 radical (unpaired) electrons. The van der Waals surface area contributed by atoms with E-state index in [1.54, 1.807) is 41.8 Å². The van der Waals surface area contributed by atoms with Gasteiger partial charge in [0.05, 0.1) is 33.7 Å². The molecule has 5 heterocycles. The fourth-order valence-corrected chi connectivity index (χ4v) is 7.41. The van der Waals surface area contributed by atoms with Gasteiger partial charge < -0.3 is 25.8 Å². The number of rotatable bonds is 10. The lowest BCUT2D eigenvalue weighted by Gasteiger charge is -2.34. The molecule has 262 valence electrons. The van der Waals surface area contributed by atoms with Gasteiger partial charge in [-0.05, 0) is 72.6 Å². The highest BCUT2D eigenvalue weighted by Crippen LogP contribution is 2.32. The van der Waals surface area contributed by atoms with Crippen molar-refractivity contribution in [3.63, 3.8) is 0 Å². The largest absolute Gasteiger partial charge is 0.336 e. The highest BCUT2D eigenvalue weighted by atomic mass is 32.1. The van der Waals surface area contributed by atoms with Gasteiger partial charge in [-0.3, -0.25) is 19.4 Å². The van der Waals surface area contributed by atoms with Crippen LogP contribution in [0.1, 0.15) is 37.3 Å². The summed E-state index contributed by atoms with van der Waals surface area (Å²) in [6.45, 7) is 6.24. The fourth-order valence-electron chi connectivity index (χ4n) is 5.67. The second kappa shape index (κ2) is 15.6. The third kappa shape index (κ3) is 8.04. The van der Waals surface area contributed by atoms with Crippen LogP contribution in [0.4, 0.5) is 27.4 Å². The van der Waals surface area contributed by atoms with E-state index in [1.807, 2.05) is 40.6 Å². The van der Waals surface area contributed by atoms with Gasteiger partial charge in [-0.1, -0.05) is 25.1 Å². The molecule has 0 bridgehead atoms. The Balaban J connectivity index is 0.984. The fraction of sp³-hybridized carbons (Fsp3) is 0.158. The molecule has 0 unspecified atom stereocenters. The van der Waals surface area contributed by atoms with Crippen LogP contribution in [-0.2, 0) is 0 Å². The number of hydrogen-bond donors (Lipinski definition) is 3. The first-order valence-electron chi connectivity index (χ1n) is 16.6. The van der Waals surface area contributed by atoms with Crippen LogP contribution in [0.2, 0.25) is 0 Å². The molecule has 0 atom stereocenters. The number of aromatic nitrogens is 3.